The second-order valence-corrected chi connectivity index (χ2v) is 5.57. The number of rotatable bonds is 6. The van der Waals surface area contributed by atoms with Crippen molar-refractivity contribution in [3.05, 3.63) is 30.3 Å². The van der Waals surface area contributed by atoms with Gasteiger partial charge in [-0.15, -0.1) is 0 Å². The Morgan fingerprint density at radius 2 is 2.00 bits per heavy atom. The second kappa shape index (κ2) is 6.16. The molecule has 0 saturated heterocycles. The van der Waals surface area contributed by atoms with Crippen molar-refractivity contribution in [2.75, 3.05) is 6.61 Å². The Morgan fingerprint density at radius 1 is 1.33 bits per heavy atom. The van der Waals surface area contributed by atoms with Crippen LogP contribution >= 0.6 is 18.2 Å². The zero-order chi connectivity index (χ0) is 11.1. The Hall–Kier alpha value is -0.500. The van der Waals surface area contributed by atoms with E-state index in [1.807, 2.05) is 13.0 Å². The van der Waals surface area contributed by atoms with Gasteiger partial charge in [0, 0.05) is 11.2 Å². The molecule has 0 aliphatic rings. The number of unbranched alkanes of at least 4 members (excludes halogenated alkanes) is 1. The van der Waals surface area contributed by atoms with E-state index in [-0.39, 0.29) is 0 Å². The average Bonchev–Trinajstić information content (AvgIpc) is 2.18. The average molecular weight is 249 g/mol. The Balaban J connectivity index is 2.46. The highest BCUT2D eigenvalue weighted by Gasteiger charge is 2.21. The molecule has 1 rings (SSSR count). The van der Waals surface area contributed by atoms with Crippen molar-refractivity contribution < 1.29 is 13.6 Å². The van der Waals surface area contributed by atoms with E-state index in [9.17, 15) is 4.57 Å². The molecule has 15 heavy (non-hydrogen) atoms. The fraction of sp³-hybridized carbons (Fsp3) is 0.400. The summed E-state index contributed by atoms with van der Waals surface area (Å²) in [4.78, 5) is 0. The number of para-hydroxylation sites is 1. The third-order valence-corrected chi connectivity index (χ3v) is 3.12. The molecule has 0 bridgehead atoms. The quantitative estimate of drug-likeness (QED) is 0.558. The highest BCUT2D eigenvalue weighted by molar-refractivity contribution is 7.81. The Bertz CT molecular complexity index is 329. The van der Waals surface area contributed by atoms with Gasteiger partial charge in [-0.05, 0) is 18.6 Å². The van der Waals surface area contributed by atoms with E-state index < -0.39 is 6.95 Å². The molecule has 84 valence electrons. The molecule has 0 radical (unpaired) electrons. The SMILES string of the molecule is CCCCO[P@@](=O)(Cl)Oc1ccccc1. The summed E-state index contributed by atoms with van der Waals surface area (Å²) >= 11 is 5.62. The van der Waals surface area contributed by atoms with Crippen LogP contribution in [0.4, 0.5) is 0 Å². The first-order valence-electron chi connectivity index (χ1n) is 4.83. The van der Waals surface area contributed by atoms with Gasteiger partial charge in [0.1, 0.15) is 5.75 Å². The lowest BCUT2D eigenvalue weighted by molar-refractivity contribution is 0.274. The standard InChI is InChI=1S/C10H14ClO3P/c1-2-3-9-13-15(11,12)14-10-7-5-4-6-8-10/h4-8H,2-3,9H2,1H3/t15-/m0/s1. The molecule has 0 fully saturated rings. The van der Waals surface area contributed by atoms with Gasteiger partial charge in [0.25, 0.3) is 0 Å². The largest absolute Gasteiger partial charge is 0.476 e. The van der Waals surface area contributed by atoms with Gasteiger partial charge >= 0.3 is 6.95 Å². The summed E-state index contributed by atoms with van der Waals surface area (Å²) in [7, 11) is 0. The third-order valence-electron chi connectivity index (χ3n) is 1.70. The van der Waals surface area contributed by atoms with Crippen LogP contribution in [0, 0.1) is 0 Å². The molecule has 0 spiro atoms. The molecule has 1 aromatic carbocycles. The minimum Gasteiger partial charge on any atom is -0.413 e. The van der Waals surface area contributed by atoms with Crippen LogP contribution in [-0.4, -0.2) is 6.61 Å². The second-order valence-electron chi connectivity index (χ2n) is 3.02. The Kier molecular flexibility index (Phi) is 5.16. The normalized spacial score (nSPS) is 14.5. The summed E-state index contributed by atoms with van der Waals surface area (Å²) in [6, 6.07) is 8.75. The molecular weight excluding hydrogens is 235 g/mol. The van der Waals surface area contributed by atoms with Gasteiger partial charge in [-0.2, -0.15) is 0 Å². The molecule has 0 saturated carbocycles. The van der Waals surface area contributed by atoms with Crippen molar-refractivity contribution in [1.82, 2.24) is 0 Å². The summed E-state index contributed by atoms with van der Waals surface area (Å²) < 4.78 is 21.6. The number of benzene rings is 1. The van der Waals surface area contributed by atoms with E-state index in [0.29, 0.717) is 12.4 Å². The topological polar surface area (TPSA) is 35.5 Å². The van der Waals surface area contributed by atoms with Crippen molar-refractivity contribution in [1.29, 1.82) is 0 Å². The Labute approximate surface area is 94.7 Å². The van der Waals surface area contributed by atoms with Crippen LogP contribution in [0.2, 0.25) is 0 Å². The lowest BCUT2D eigenvalue weighted by Crippen LogP contribution is -1.94. The molecule has 0 aliphatic heterocycles. The molecule has 1 aromatic rings. The minimum absolute atomic E-state index is 0.351. The highest BCUT2D eigenvalue weighted by Crippen LogP contribution is 2.53. The lowest BCUT2D eigenvalue weighted by Gasteiger charge is -2.12. The summed E-state index contributed by atoms with van der Waals surface area (Å²) in [6.45, 7) is -1.11. The van der Waals surface area contributed by atoms with Crippen molar-refractivity contribution >= 4 is 18.2 Å². The predicted molar refractivity (Wildman–Crippen MR) is 61.4 cm³/mol. The summed E-state index contributed by atoms with van der Waals surface area (Å²) in [6.07, 6.45) is 1.77. The molecule has 5 heteroatoms. The van der Waals surface area contributed by atoms with Crippen LogP contribution in [0.1, 0.15) is 19.8 Å². The predicted octanol–water partition coefficient (Wildman–Crippen LogP) is 4.23. The first-order valence-corrected chi connectivity index (χ1v) is 7.28. The number of hydrogen-bond donors (Lipinski definition) is 0. The maximum atomic E-state index is 11.6. The van der Waals surface area contributed by atoms with E-state index in [1.54, 1.807) is 24.3 Å². The van der Waals surface area contributed by atoms with Crippen molar-refractivity contribution in [3.8, 4) is 5.75 Å². The molecule has 0 aromatic heterocycles. The fourth-order valence-electron chi connectivity index (χ4n) is 0.952. The van der Waals surface area contributed by atoms with Crippen molar-refractivity contribution in [2.24, 2.45) is 0 Å². The molecule has 0 unspecified atom stereocenters. The maximum Gasteiger partial charge on any atom is 0.476 e. The van der Waals surface area contributed by atoms with E-state index in [1.165, 1.54) is 0 Å². The van der Waals surface area contributed by atoms with E-state index in [4.69, 9.17) is 20.3 Å². The van der Waals surface area contributed by atoms with Crippen molar-refractivity contribution in [3.63, 3.8) is 0 Å². The van der Waals surface area contributed by atoms with Crippen LogP contribution < -0.4 is 4.52 Å². The van der Waals surface area contributed by atoms with Gasteiger partial charge in [0.05, 0.1) is 6.61 Å². The fourth-order valence-corrected chi connectivity index (χ4v) is 2.17. The smallest absolute Gasteiger partial charge is 0.413 e. The van der Waals surface area contributed by atoms with E-state index >= 15 is 0 Å². The number of halogens is 1. The molecule has 0 N–H and O–H groups in total. The van der Waals surface area contributed by atoms with E-state index in [0.717, 1.165) is 12.8 Å². The maximum absolute atomic E-state index is 11.6. The van der Waals surface area contributed by atoms with Gasteiger partial charge in [0.15, 0.2) is 0 Å². The first-order chi connectivity index (χ1) is 7.14. The van der Waals surface area contributed by atoms with Gasteiger partial charge < -0.3 is 4.52 Å². The molecule has 1 atom stereocenters. The van der Waals surface area contributed by atoms with Crippen LogP contribution in [0.3, 0.4) is 0 Å². The zero-order valence-corrected chi connectivity index (χ0v) is 10.2. The van der Waals surface area contributed by atoms with Gasteiger partial charge in [-0.1, -0.05) is 31.5 Å². The molecule has 0 aliphatic carbocycles. The summed E-state index contributed by atoms with van der Waals surface area (Å²) in [5.41, 5.74) is 0. The van der Waals surface area contributed by atoms with Crippen LogP contribution in [-0.2, 0) is 9.09 Å². The van der Waals surface area contributed by atoms with Crippen molar-refractivity contribution in [2.45, 2.75) is 19.8 Å². The van der Waals surface area contributed by atoms with Gasteiger partial charge in [-0.3, -0.25) is 4.52 Å². The molecule has 0 heterocycles. The Morgan fingerprint density at radius 3 is 2.60 bits per heavy atom. The zero-order valence-electron chi connectivity index (χ0n) is 8.56. The molecule has 3 nitrogen and oxygen atoms in total. The van der Waals surface area contributed by atoms with Crippen LogP contribution in [0.5, 0.6) is 5.75 Å². The first kappa shape index (κ1) is 12.6. The van der Waals surface area contributed by atoms with Crippen LogP contribution in [0.15, 0.2) is 30.3 Å². The molecular formula is C10H14ClO3P. The van der Waals surface area contributed by atoms with Crippen LogP contribution in [0.25, 0.3) is 0 Å². The molecule has 0 amide bonds. The van der Waals surface area contributed by atoms with Gasteiger partial charge in [0.2, 0.25) is 0 Å². The lowest BCUT2D eigenvalue weighted by atomic mass is 10.3. The monoisotopic (exact) mass is 248 g/mol. The highest BCUT2D eigenvalue weighted by atomic mass is 35.7. The van der Waals surface area contributed by atoms with Gasteiger partial charge in [-0.25, -0.2) is 4.57 Å². The summed E-state index contributed by atoms with van der Waals surface area (Å²) in [5, 5.41) is 0. The van der Waals surface area contributed by atoms with E-state index in [2.05, 4.69) is 0 Å². The summed E-state index contributed by atoms with van der Waals surface area (Å²) in [5.74, 6) is 0.451. The minimum atomic E-state index is -3.47. The third kappa shape index (κ3) is 5.22. The number of hydrogen-bond acceptors (Lipinski definition) is 3.